The maximum Gasteiger partial charge on any atom is 0.317 e. The number of hydrogen-bond acceptors (Lipinski definition) is 4. The zero-order valence-corrected chi connectivity index (χ0v) is 15.3. The predicted molar refractivity (Wildman–Crippen MR) is 92.9 cm³/mol. The van der Waals surface area contributed by atoms with Gasteiger partial charge in [0.05, 0.1) is 12.7 Å². The predicted octanol–water partition coefficient (Wildman–Crippen LogP) is 1.38. The largest absolute Gasteiger partial charge is 0.382 e. The third kappa shape index (κ3) is 8.49. The highest BCUT2D eigenvalue weighted by atomic mass is 16.5. The minimum Gasteiger partial charge on any atom is -0.382 e. The van der Waals surface area contributed by atoms with Gasteiger partial charge in [0.25, 0.3) is 0 Å². The molecular formula is C17H33N3O4. The van der Waals surface area contributed by atoms with Gasteiger partial charge in [-0.05, 0) is 40.0 Å². The van der Waals surface area contributed by atoms with Crippen LogP contribution in [-0.4, -0.2) is 68.9 Å². The van der Waals surface area contributed by atoms with Crippen LogP contribution in [0.4, 0.5) is 4.79 Å². The summed E-state index contributed by atoms with van der Waals surface area (Å²) in [6, 6.07) is -0.0714. The standard InChI is InChI=1S/C17H33N3O4/c1-4-23-12-5-8-18-16(21)15-6-10-20(11-7-15)17(22)19-9-13-24-14(2)3/h14-15H,4-13H2,1-3H3,(H,18,21)(H,19,22). The first-order valence-corrected chi connectivity index (χ1v) is 9.04. The lowest BCUT2D eigenvalue weighted by molar-refractivity contribution is -0.126. The van der Waals surface area contributed by atoms with Crippen LogP contribution in [0.25, 0.3) is 0 Å². The molecule has 0 aromatic rings. The average molecular weight is 343 g/mol. The monoisotopic (exact) mass is 343 g/mol. The van der Waals surface area contributed by atoms with E-state index in [-0.39, 0.29) is 24.0 Å². The van der Waals surface area contributed by atoms with Crippen LogP contribution < -0.4 is 10.6 Å². The molecule has 0 saturated carbocycles. The summed E-state index contributed by atoms with van der Waals surface area (Å²) in [5.74, 6) is 0.0994. The fourth-order valence-corrected chi connectivity index (χ4v) is 2.58. The minimum atomic E-state index is -0.0714. The van der Waals surface area contributed by atoms with Crippen molar-refractivity contribution >= 4 is 11.9 Å². The highest BCUT2D eigenvalue weighted by Crippen LogP contribution is 2.17. The quantitative estimate of drug-likeness (QED) is 0.587. The smallest absolute Gasteiger partial charge is 0.317 e. The lowest BCUT2D eigenvalue weighted by Crippen LogP contribution is -2.47. The summed E-state index contributed by atoms with van der Waals surface area (Å²) in [4.78, 5) is 25.9. The molecule has 0 aromatic heterocycles. The number of amides is 3. The third-order valence-electron chi connectivity index (χ3n) is 3.95. The Kier molecular flexibility index (Phi) is 10.4. The molecular weight excluding hydrogens is 310 g/mol. The number of carbonyl (C=O) groups excluding carboxylic acids is 2. The Bertz CT molecular complexity index is 369. The van der Waals surface area contributed by atoms with E-state index in [1.165, 1.54) is 0 Å². The topological polar surface area (TPSA) is 79.9 Å². The second-order valence-electron chi connectivity index (χ2n) is 6.25. The summed E-state index contributed by atoms with van der Waals surface area (Å²) in [6.45, 7) is 10.2. The van der Waals surface area contributed by atoms with Gasteiger partial charge < -0.3 is 25.0 Å². The Labute approximate surface area is 145 Å². The van der Waals surface area contributed by atoms with Gasteiger partial charge in [0.15, 0.2) is 0 Å². The van der Waals surface area contributed by atoms with Crippen molar-refractivity contribution in [3.63, 3.8) is 0 Å². The van der Waals surface area contributed by atoms with Crippen molar-refractivity contribution in [3.8, 4) is 0 Å². The summed E-state index contributed by atoms with van der Waals surface area (Å²) >= 11 is 0. The molecule has 7 nitrogen and oxygen atoms in total. The number of nitrogens with one attached hydrogen (secondary N) is 2. The van der Waals surface area contributed by atoms with E-state index in [4.69, 9.17) is 9.47 Å². The van der Waals surface area contributed by atoms with Crippen LogP contribution in [0.2, 0.25) is 0 Å². The molecule has 0 atom stereocenters. The first-order chi connectivity index (χ1) is 11.5. The summed E-state index contributed by atoms with van der Waals surface area (Å²) < 4.78 is 10.6. The molecule has 1 aliphatic heterocycles. The highest BCUT2D eigenvalue weighted by Gasteiger charge is 2.26. The molecule has 1 heterocycles. The zero-order valence-electron chi connectivity index (χ0n) is 15.3. The molecule has 24 heavy (non-hydrogen) atoms. The van der Waals surface area contributed by atoms with Crippen LogP contribution in [0.5, 0.6) is 0 Å². The second kappa shape index (κ2) is 12.1. The number of rotatable bonds is 10. The number of likely N-dealkylation sites (tertiary alicyclic amines) is 1. The maximum atomic E-state index is 12.1. The first kappa shape index (κ1) is 20.7. The van der Waals surface area contributed by atoms with Crippen LogP contribution in [0.3, 0.4) is 0 Å². The Morgan fingerprint density at radius 2 is 1.83 bits per heavy atom. The molecule has 0 radical (unpaired) electrons. The molecule has 0 aliphatic carbocycles. The van der Waals surface area contributed by atoms with Crippen LogP contribution in [0, 0.1) is 5.92 Å². The van der Waals surface area contributed by atoms with Crippen molar-refractivity contribution in [2.45, 2.75) is 46.1 Å². The Morgan fingerprint density at radius 1 is 1.12 bits per heavy atom. The van der Waals surface area contributed by atoms with Crippen molar-refractivity contribution in [3.05, 3.63) is 0 Å². The molecule has 0 aromatic carbocycles. The van der Waals surface area contributed by atoms with Crippen molar-refractivity contribution in [2.24, 2.45) is 5.92 Å². The normalized spacial score (nSPS) is 15.6. The van der Waals surface area contributed by atoms with Crippen LogP contribution in [0.15, 0.2) is 0 Å². The van der Waals surface area contributed by atoms with Gasteiger partial charge in [-0.15, -0.1) is 0 Å². The van der Waals surface area contributed by atoms with Crippen LogP contribution in [-0.2, 0) is 14.3 Å². The molecule has 1 fully saturated rings. The first-order valence-electron chi connectivity index (χ1n) is 9.04. The number of nitrogens with zero attached hydrogens (tertiary/aromatic N) is 1. The Morgan fingerprint density at radius 3 is 2.46 bits per heavy atom. The molecule has 0 spiro atoms. The lowest BCUT2D eigenvalue weighted by Gasteiger charge is -2.31. The Hall–Kier alpha value is -1.34. The molecule has 0 unspecified atom stereocenters. The molecule has 1 aliphatic rings. The summed E-state index contributed by atoms with van der Waals surface area (Å²) in [7, 11) is 0. The molecule has 7 heteroatoms. The molecule has 1 saturated heterocycles. The number of hydrogen-bond donors (Lipinski definition) is 2. The van der Waals surface area contributed by atoms with Crippen LogP contribution >= 0.6 is 0 Å². The van der Waals surface area contributed by atoms with Gasteiger partial charge in [0.2, 0.25) is 5.91 Å². The van der Waals surface area contributed by atoms with Crippen molar-refractivity contribution in [1.82, 2.24) is 15.5 Å². The van der Waals surface area contributed by atoms with E-state index in [9.17, 15) is 9.59 Å². The van der Waals surface area contributed by atoms with E-state index in [0.717, 1.165) is 6.42 Å². The molecule has 1 rings (SSSR count). The number of urea groups is 1. The third-order valence-corrected chi connectivity index (χ3v) is 3.95. The number of ether oxygens (including phenoxy) is 2. The van der Waals surface area contributed by atoms with Gasteiger partial charge in [-0.3, -0.25) is 4.79 Å². The Balaban J connectivity index is 2.14. The SMILES string of the molecule is CCOCCCNC(=O)C1CCN(C(=O)NCCOC(C)C)CC1. The van der Waals surface area contributed by atoms with E-state index >= 15 is 0 Å². The van der Waals surface area contributed by atoms with Gasteiger partial charge in [-0.2, -0.15) is 0 Å². The molecule has 2 N–H and O–H groups in total. The van der Waals surface area contributed by atoms with E-state index in [0.29, 0.717) is 58.8 Å². The van der Waals surface area contributed by atoms with Gasteiger partial charge in [-0.25, -0.2) is 4.79 Å². The zero-order chi connectivity index (χ0) is 17.8. The molecule has 140 valence electrons. The van der Waals surface area contributed by atoms with Gasteiger partial charge >= 0.3 is 6.03 Å². The van der Waals surface area contributed by atoms with E-state index in [2.05, 4.69) is 10.6 Å². The van der Waals surface area contributed by atoms with E-state index in [1.54, 1.807) is 4.90 Å². The maximum absolute atomic E-state index is 12.1. The molecule has 0 bridgehead atoms. The van der Waals surface area contributed by atoms with Gasteiger partial charge in [0, 0.05) is 45.3 Å². The number of piperidine rings is 1. The average Bonchev–Trinajstić information content (AvgIpc) is 2.58. The highest BCUT2D eigenvalue weighted by molar-refractivity contribution is 5.79. The fourth-order valence-electron chi connectivity index (χ4n) is 2.58. The summed E-state index contributed by atoms with van der Waals surface area (Å²) in [6.07, 6.45) is 2.43. The van der Waals surface area contributed by atoms with Gasteiger partial charge in [-0.1, -0.05) is 0 Å². The van der Waals surface area contributed by atoms with Crippen molar-refractivity contribution < 1.29 is 19.1 Å². The minimum absolute atomic E-state index is 0.00502. The van der Waals surface area contributed by atoms with Crippen molar-refractivity contribution in [2.75, 3.05) is 46.0 Å². The summed E-state index contributed by atoms with van der Waals surface area (Å²) in [5, 5.41) is 5.81. The second-order valence-corrected chi connectivity index (χ2v) is 6.25. The summed E-state index contributed by atoms with van der Waals surface area (Å²) in [5.41, 5.74) is 0. The number of carbonyl (C=O) groups is 2. The molecule has 3 amide bonds. The van der Waals surface area contributed by atoms with E-state index in [1.807, 2.05) is 20.8 Å². The van der Waals surface area contributed by atoms with Gasteiger partial charge in [0.1, 0.15) is 0 Å². The van der Waals surface area contributed by atoms with E-state index < -0.39 is 0 Å². The van der Waals surface area contributed by atoms with Crippen molar-refractivity contribution in [1.29, 1.82) is 0 Å². The fraction of sp³-hybridized carbons (Fsp3) is 0.882. The van der Waals surface area contributed by atoms with Crippen LogP contribution in [0.1, 0.15) is 40.0 Å². The lowest BCUT2D eigenvalue weighted by atomic mass is 9.96.